The first-order valence-electron chi connectivity index (χ1n) is 9.05. The van der Waals surface area contributed by atoms with Crippen LogP contribution in [0.3, 0.4) is 0 Å². The first kappa shape index (κ1) is 18.1. The van der Waals surface area contributed by atoms with Crippen LogP contribution in [-0.2, 0) is 0 Å². The van der Waals surface area contributed by atoms with Crippen LogP contribution in [-0.4, -0.2) is 28.5 Å². The standard InChI is InChI=1S/C22H19N5S/c1-15(13-23)14-27(2)21-17-12-19(16-8-4-3-5-9-16)28-22(17)26-20(25-21)18-10-6-7-11-24-18/h3-12,15H,14H2,1-2H3. The summed E-state index contributed by atoms with van der Waals surface area (Å²) in [5, 5.41) is 10.2. The molecule has 1 atom stereocenters. The van der Waals surface area contributed by atoms with Crippen LogP contribution in [0.2, 0.25) is 0 Å². The maximum absolute atomic E-state index is 9.21. The summed E-state index contributed by atoms with van der Waals surface area (Å²) in [4.78, 5) is 18.1. The molecule has 0 spiro atoms. The van der Waals surface area contributed by atoms with Crippen molar-refractivity contribution in [2.24, 2.45) is 5.92 Å². The second-order valence-corrected chi connectivity index (χ2v) is 7.72. The molecule has 3 heterocycles. The van der Waals surface area contributed by atoms with Gasteiger partial charge in [0, 0.05) is 24.7 Å². The molecular formula is C22H19N5S. The van der Waals surface area contributed by atoms with Gasteiger partial charge in [-0.05, 0) is 30.7 Å². The number of hydrogen-bond donors (Lipinski definition) is 0. The summed E-state index contributed by atoms with van der Waals surface area (Å²) in [7, 11) is 1.97. The number of rotatable bonds is 5. The Bertz CT molecular complexity index is 1130. The number of nitrogens with zero attached hydrogens (tertiary/aromatic N) is 5. The fourth-order valence-corrected chi connectivity index (χ4v) is 4.12. The van der Waals surface area contributed by atoms with Crippen LogP contribution in [0.15, 0.2) is 60.8 Å². The minimum Gasteiger partial charge on any atom is -0.358 e. The topological polar surface area (TPSA) is 65.7 Å². The Morgan fingerprint density at radius 3 is 2.61 bits per heavy atom. The van der Waals surface area contributed by atoms with Crippen molar-refractivity contribution >= 4 is 27.4 Å². The van der Waals surface area contributed by atoms with Gasteiger partial charge in [0.25, 0.3) is 0 Å². The Morgan fingerprint density at radius 1 is 1.11 bits per heavy atom. The molecule has 0 aliphatic rings. The van der Waals surface area contributed by atoms with Crippen LogP contribution < -0.4 is 4.90 Å². The molecule has 0 aliphatic heterocycles. The molecule has 0 bridgehead atoms. The van der Waals surface area contributed by atoms with Gasteiger partial charge in [0.1, 0.15) is 16.3 Å². The minimum absolute atomic E-state index is 0.0967. The van der Waals surface area contributed by atoms with E-state index in [2.05, 4.69) is 29.3 Å². The first-order valence-corrected chi connectivity index (χ1v) is 9.86. The highest BCUT2D eigenvalue weighted by Gasteiger charge is 2.18. The zero-order chi connectivity index (χ0) is 19.5. The lowest BCUT2D eigenvalue weighted by atomic mass is 10.1. The van der Waals surface area contributed by atoms with Gasteiger partial charge >= 0.3 is 0 Å². The predicted octanol–water partition coefficient (Wildman–Crippen LogP) is 5.02. The van der Waals surface area contributed by atoms with Crippen molar-refractivity contribution in [1.29, 1.82) is 5.26 Å². The third-order valence-electron chi connectivity index (χ3n) is 4.45. The molecule has 0 aliphatic carbocycles. The van der Waals surface area contributed by atoms with E-state index in [1.165, 1.54) is 0 Å². The molecule has 0 saturated heterocycles. The fraction of sp³-hybridized carbons (Fsp3) is 0.182. The second-order valence-electron chi connectivity index (χ2n) is 6.69. The molecule has 0 amide bonds. The van der Waals surface area contributed by atoms with Crippen LogP contribution in [0.25, 0.3) is 32.2 Å². The molecular weight excluding hydrogens is 366 g/mol. The Labute approximate surface area is 168 Å². The number of nitriles is 1. The molecule has 5 nitrogen and oxygen atoms in total. The van der Waals surface area contributed by atoms with Crippen LogP contribution >= 0.6 is 11.3 Å². The van der Waals surface area contributed by atoms with Gasteiger partial charge in [-0.25, -0.2) is 9.97 Å². The van der Waals surface area contributed by atoms with Gasteiger partial charge in [-0.2, -0.15) is 5.26 Å². The Morgan fingerprint density at radius 2 is 1.89 bits per heavy atom. The second kappa shape index (κ2) is 7.75. The maximum Gasteiger partial charge on any atom is 0.181 e. The number of hydrogen-bond acceptors (Lipinski definition) is 6. The van der Waals surface area contributed by atoms with Crippen molar-refractivity contribution in [3.05, 3.63) is 60.8 Å². The fourth-order valence-electron chi connectivity index (χ4n) is 3.09. The van der Waals surface area contributed by atoms with Gasteiger partial charge in [-0.15, -0.1) is 11.3 Å². The molecule has 4 rings (SSSR count). The number of anilines is 1. The lowest BCUT2D eigenvalue weighted by Gasteiger charge is -2.20. The van der Waals surface area contributed by atoms with Crippen LogP contribution in [0.1, 0.15) is 6.92 Å². The highest BCUT2D eigenvalue weighted by Crippen LogP contribution is 2.37. The van der Waals surface area contributed by atoms with E-state index in [0.717, 1.165) is 32.2 Å². The average molecular weight is 385 g/mol. The molecule has 6 heteroatoms. The Balaban J connectivity index is 1.88. The first-order chi connectivity index (χ1) is 13.7. The molecule has 0 radical (unpaired) electrons. The average Bonchev–Trinajstić information content (AvgIpc) is 3.18. The molecule has 3 aromatic heterocycles. The quantitative estimate of drug-likeness (QED) is 0.483. The van der Waals surface area contributed by atoms with Crippen LogP contribution in [0.5, 0.6) is 0 Å². The molecule has 0 fully saturated rings. The summed E-state index contributed by atoms with van der Waals surface area (Å²) in [5.41, 5.74) is 1.89. The van der Waals surface area contributed by atoms with E-state index in [9.17, 15) is 5.26 Å². The van der Waals surface area contributed by atoms with Crippen molar-refractivity contribution < 1.29 is 0 Å². The van der Waals surface area contributed by atoms with Crippen molar-refractivity contribution in [2.45, 2.75) is 6.92 Å². The van der Waals surface area contributed by atoms with Gasteiger partial charge in [-0.1, -0.05) is 36.4 Å². The van der Waals surface area contributed by atoms with Crippen LogP contribution in [0.4, 0.5) is 5.82 Å². The summed E-state index contributed by atoms with van der Waals surface area (Å²) in [6.07, 6.45) is 1.74. The third kappa shape index (κ3) is 3.57. The lowest BCUT2D eigenvalue weighted by molar-refractivity contribution is 0.712. The Kier molecular flexibility index (Phi) is 5.00. The van der Waals surface area contributed by atoms with Gasteiger partial charge in [0.15, 0.2) is 5.82 Å². The van der Waals surface area contributed by atoms with Gasteiger partial charge in [0.2, 0.25) is 0 Å². The van der Waals surface area contributed by atoms with Crippen molar-refractivity contribution in [2.75, 3.05) is 18.5 Å². The molecule has 138 valence electrons. The number of aromatic nitrogens is 3. The largest absolute Gasteiger partial charge is 0.358 e. The molecule has 0 saturated carbocycles. The van der Waals surface area contributed by atoms with Crippen molar-refractivity contribution in [3.8, 4) is 28.0 Å². The summed E-state index contributed by atoms with van der Waals surface area (Å²) < 4.78 is 0. The normalized spacial score (nSPS) is 11.9. The minimum atomic E-state index is -0.0967. The smallest absolute Gasteiger partial charge is 0.181 e. The Hall–Kier alpha value is -3.30. The SMILES string of the molecule is CC(C#N)CN(C)c1nc(-c2ccccn2)nc2sc(-c3ccccc3)cc12. The number of pyridine rings is 1. The van der Waals surface area contributed by atoms with E-state index < -0.39 is 0 Å². The maximum atomic E-state index is 9.21. The summed E-state index contributed by atoms with van der Waals surface area (Å²) in [5.74, 6) is 1.33. The zero-order valence-electron chi connectivity index (χ0n) is 15.7. The highest BCUT2D eigenvalue weighted by atomic mass is 32.1. The van der Waals surface area contributed by atoms with E-state index in [1.807, 2.05) is 55.3 Å². The van der Waals surface area contributed by atoms with Crippen molar-refractivity contribution in [1.82, 2.24) is 15.0 Å². The van der Waals surface area contributed by atoms with Gasteiger partial charge in [0.05, 0.1) is 17.4 Å². The van der Waals surface area contributed by atoms with E-state index in [-0.39, 0.29) is 5.92 Å². The van der Waals surface area contributed by atoms with Crippen LogP contribution in [0, 0.1) is 17.2 Å². The molecule has 1 aromatic carbocycles. The van der Waals surface area contributed by atoms with E-state index in [0.29, 0.717) is 12.4 Å². The third-order valence-corrected chi connectivity index (χ3v) is 5.53. The number of benzene rings is 1. The summed E-state index contributed by atoms with van der Waals surface area (Å²) in [6, 6.07) is 20.4. The number of fused-ring (bicyclic) bond motifs is 1. The predicted molar refractivity (Wildman–Crippen MR) is 114 cm³/mol. The lowest BCUT2D eigenvalue weighted by Crippen LogP contribution is -2.24. The summed E-state index contributed by atoms with van der Waals surface area (Å²) >= 11 is 1.64. The van der Waals surface area contributed by atoms with E-state index in [4.69, 9.17) is 9.97 Å². The molecule has 0 N–H and O–H groups in total. The molecule has 1 unspecified atom stereocenters. The molecule has 28 heavy (non-hydrogen) atoms. The van der Waals surface area contributed by atoms with Gasteiger partial charge in [-0.3, -0.25) is 4.98 Å². The zero-order valence-corrected chi connectivity index (χ0v) is 16.5. The molecule has 4 aromatic rings. The highest BCUT2D eigenvalue weighted by molar-refractivity contribution is 7.21. The monoisotopic (exact) mass is 385 g/mol. The van der Waals surface area contributed by atoms with Crippen molar-refractivity contribution in [3.63, 3.8) is 0 Å². The summed E-state index contributed by atoms with van der Waals surface area (Å²) in [6.45, 7) is 2.51. The number of thiophene rings is 1. The van der Waals surface area contributed by atoms with E-state index in [1.54, 1.807) is 17.5 Å². The van der Waals surface area contributed by atoms with Gasteiger partial charge < -0.3 is 4.90 Å². The van der Waals surface area contributed by atoms with E-state index >= 15 is 0 Å².